The summed E-state index contributed by atoms with van der Waals surface area (Å²) in [6, 6.07) is 3.63. The van der Waals surface area contributed by atoms with Gasteiger partial charge in [-0.2, -0.15) is 5.21 Å². The van der Waals surface area contributed by atoms with Crippen LogP contribution in [0, 0.1) is 4.77 Å². The van der Waals surface area contributed by atoms with Gasteiger partial charge in [0.25, 0.3) is 0 Å². The molecule has 0 radical (unpaired) electrons. The number of aromatic nitrogens is 5. The molecule has 0 saturated carbocycles. The van der Waals surface area contributed by atoms with Gasteiger partial charge in [0.2, 0.25) is 4.77 Å². The van der Waals surface area contributed by atoms with Crippen LogP contribution >= 0.6 is 12.2 Å². The van der Waals surface area contributed by atoms with Crippen molar-refractivity contribution >= 4 is 12.2 Å². The molecule has 0 aromatic carbocycles. The van der Waals surface area contributed by atoms with E-state index >= 15 is 0 Å². The van der Waals surface area contributed by atoms with Gasteiger partial charge in [-0.15, -0.1) is 0 Å². The van der Waals surface area contributed by atoms with E-state index in [-0.39, 0.29) is 0 Å². The Kier molecular flexibility index (Phi) is 1.67. The van der Waals surface area contributed by atoms with Crippen molar-refractivity contribution in [3.05, 3.63) is 29.3 Å². The van der Waals surface area contributed by atoms with E-state index in [4.69, 9.17) is 12.2 Å². The summed E-state index contributed by atoms with van der Waals surface area (Å²) in [4.78, 5) is 3.88. The summed E-state index contributed by atoms with van der Waals surface area (Å²) in [6.07, 6.45) is 3.36. The van der Waals surface area contributed by atoms with Crippen LogP contribution in [0.15, 0.2) is 24.5 Å². The van der Waals surface area contributed by atoms with Crippen molar-refractivity contribution in [1.82, 2.24) is 25.2 Å². The van der Waals surface area contributed by atoms with Crippen LogP contribution in [0.5, 0.6) is 0 Å². The largest absolute Gasteiger partial charge is 0.265 e. The quantitative estimate of drug-likeness (QED) is 0.655. The molecule has 0 saturated heterocycles. The Hall–Kier alpha value is -1.56. The number of hydrogen-bond acceptors (Lipinski definition) is 4. The van der Waals surface area contributed by atoms with Crippen LogP contribution in [0.3, 0.4) is 0 Å². The van der Waals surface area contributed by atoms with Crippen LogP contribution in [0.1, 0.15) is 0 Å². The van der Waals surface area contributed by atoms with E-state index in [0.29, 0.717) is 4.77 Å². The topological polar surface area (TPSA) is 59.4 Å². The van der Waals surface area contributed by atoms with Crippen LogP contribution in [-0.4, -0.2) is 25.2 Å². The first-order valence-electron chi connectivity index (χ1n) is 3.28. The molecule has 1 N–H and O–H groups in total. The van der Waals surface area contributed by atoms with E-state index in [0.717, 1.165) is 5.69 Å². The molecule has 2 aromatic heterocycles. The van der Waals surface area contributed by atoms with Crippen molar-refractivity contribution in [2.24, 2.45) is 0 Å². The zero-order chi connectivity index (χ0) is 8.39. The van der Waals surface area contributed by atoms with E-state index in [1.54, 1.807) is 17.1 Å². The minimum Gasteiger partial charge on any atom is -0.265 e. The highest BCUT2D eigenvalue weighted by Crippen LogP contribution is 2.01. The van der Waals surface area contributed by atoms with Gasteiger partial charge < -0.3 is 0 Å². The third-order valence-electron chi connectivity index (χ3n) is 1.39. The molecule has 0 fully saturated rings. The van der Waals surface area contributed by atoms with Gasteiger partial charge in [0.15, 0.2) is 0 Å². The molecule has 0 spiro atoms. The lowest BCUT2D eigenvalue weighted by Gasteiger charge is -1.96. The van der Waals surface area contributed by atoms with Gasteiger partial charge in [0.05, 0.1) is 5.69 Å². The molecule has 0 unspecified atom stereocenters. The predicted octanol–water partition coefficient (Wildman–Crippen LogP) is 0.720. The molecule has 2 rings (SSSR count). The van der Waals surface area contributed by atoms with E-state index in [9.17, 15) is 0 Å². The highest BCUT2D eigenvalue weighted by Gasteiger charge is 1.96. The summed E-state index contributed by atoms with van der Waals surface area (Å²) in [5.41, 5.74) is 0.875. The van der Waals surface area contributed by atoms with Crippen LogP contribution < -0.4 is 0 Å². The Morgan fingerprint density at radius 2 is 2.08 bits per heavy atom. The minimum atomic E-state index is 0.404. The molecule has 0 amide bonds. The zero-order valence-electron chi connectivity index (χ0n) is 6.01. The number of nitrogens with one attached hydrogen (secondary N) is 1. The lowest BCUT2D eigenvalue weighted by molar-refractivity contribution is 0.785. The lowest BCUT2D eigenvalue weighted by atomic mass is 10.4. The number of H-pyrrole nitrogens is 1. The molecule has 5 nitrogen and oxygen atoms in total. The molecule has 6 heteroatoms. The molecule has 0 bridgehead atoms. The summed E-state index contributed by atoms with van der Waals surface area (Å²) >= 11 is 4.91. The highest BCUT2D eigenvalue weighted by molar-refractivity contribution is 7.71. The lowest BCUT2D eigenvalue weighted by Crippen LogP contribution is -1.96. The van der Waals surface area contributed by atoms with E-state index < -0.39 is 0 Å². The number of rotatable bonds is 1. The standard InChI is InChI=1S/C6H5N5S/c12-6-8-9-10-11(6)5-1-3-7-4-2-5/h1-4H,(H,8,10,12). The van der Waals surface area contributed by atoms with Gasteiger partial charge in [-0.25, -0.2) is 4.68 Å². The van der Waals surface area contributed by atoms with Crippen molar-refractivity contribution < 1.29 is 0 Å². The first-order chi connectivity index (χ1) is 5.88. The average Bonchev–Trinajstić information content (AvgIpc) is 2.53. The van der Waals surface area contributed by atoms with Gasteiger partial charge in [-0.3, -0.25) is 4.98 Å². The number of aromatic amines is 1. The van der Waals surface area contributed by atoms with Crippen LogP contribution in [0.4, 0.5) is 0 Å². The first-order valence-corrected chi connectivity index (χ1v) is 3.69. The summed E-state index contributed by atoms with van der Waals surface area (Å²) < 4.78 is 2.00. The average molecular weight is 179 g/mol. The molecular weight excluding hydrogens is 174 g/mol. The number of pyridine rings is 1. The molecule has 0 aliphatic carbocycles. The smallest absolute Gasteiger partial charge is 0.242 e. The van der Waals surface area contributed by atoms with Gasteiger partial charge in [-0.1, -0.05) is 10.3 Å². The maximum Gasteiger partial charge on any atom is 0.242 e. The molecular formula is C6H5N5S. The molecule has 60 valence electrons. The second kappa shape index (κ2) is 2.82. The van der Waals surface area contributed by atoms with Crippen molar-refractivity contribution in [1.29, 1.82) is 0 Å². The number of tetrazole rings is 1. The molecule has 0 aliphatic heterocycles. The summed E-state index contributed by atoms with van der Waals surface area (Å²) in [5, 5.41) is 9.85. The molecule has 0 atom stereocenters. The first kappa shape index (κ1) is 7.11. The Bertz CT molecular complexity index is 417. The van der Waals surface area contributed by atoms with Crippen molar-refractivity contribution in [3.63, 3.8) is 0 Å². The molecule has 12 heavy (non-hydrogen) atoms. The zero-order valence-corrected chi connectivity index (χ0v) is 6.82. The van der Waals surface area contributed by atoms with Crippen LogP contribution in [0.25, 0.3) is 5.69 Å². The Balaban J connectivity index is 2.59. The summed E-state index contributed by atoms with van der Waals surface area (Å²) in [6.45, 7) is 0. The normalized spacial score (nSPS) is 10.0. The van der Waals surface area contributed by atoms with Crippen molar-refractivity contribution in [3.8, 4) is 5.69 Å². The Morgan fingerprint density at radius 1 is 1.33 bits per heavy atom. The summed E-state index contributed by atoms with van der Waals surface area (Å²) in [7, 11) is 0. The number of nitrogens with zero attached hydrogens (tertiary/aromatic N) is 4. The monoisotopic (exact) mass is 179 g/mol. The Labute approximate surface area is 73.1 Å². The van der Waals surface area contributed by atoms with E-state index in [1.807, 2.05) is 12.1 Å². The maximum atomic E-state index is 4.91. The van der Waals surface area contributed by atoms with Gasteiger partial charge in [-0.05, 0) is 24.4 Å². The second-order valence-electron chi connectivity index (χ2n) is 2.12. The van der Waals surface area contributed by atoms with E-state index in [1.165, 1.54) is 0 Å². The fourth-order valence-corrected chi connectivity index (χ4v) is 1.05. The predicted molar refractivity (Wildman–Crippen MR) is 44.3 cm³/mol. The van der Waals surface area contributed by atoms with Gasteiger partial charge >= 0.3 is 0 Å². The van der Waals surface area contributed by atoms with Gasteiger partial charge in [0.1, 0.15) is 0 Å². The number of hydrogen-bond donors (Lipinski definition) is 1. The molecule has 0 aliphatic rings. The van der Waals surface area contributed by atoms with Crippen LogP contribution in [0.2, 0.25) is 0 Å². The SMILES string of the molecule is S=c1nn[nH]n1-c1ccncc1. The third kappa shape index (κ3) is 1.12. The fraction of sp³-hybridized carbons (Fsp3) is 0. The van der Waals surface area contributed by atoms with Gasteiger partial charge in [0, 0.05) is 12.4 Å². The summed E-state index contributed by atoms with van der Waals surface area (Å²) in [5.74, 6) is 0. The van der Waals surface area contributed by atoms with Crippen molar-refractivity contribution in [2.75, 3.05) is 0 Å². The maximum absolute atomic E-state index is 4.91. The molecule has 2 aromatic rings. The minimum absolute atomic E-state index is 0.404. The van der Waals surface area contributed by atoms with Crippen molar-refractivity contribution in [2.45, 2.75) is 0 Å². The second-order valence-corrected chi connectivity index (χ2v) is 2.49. The third-order valence-corrected chi connectivity index (χ3v) is 1.66. The Morgan fingerprint density at radius 3 is 2.67 bits per heavy atom. The fourth-order valence-electron chi connectivity index (χ4n) is 0.859. The van der Waals surface area contributed by atoms with Crippen LogP contribution in [-0.2, 0) is 0 Å². The van der Waals surface area contributed by atoms with E-state index in [2.05, 4.69) is 20.5 Å². The highest BCUT2D eigenvalue weighted by atomic mass is 32.1. The molecule has 2 heterocycles.